The van der Waals surface area contributed by atoms with Crippen LogP contribution in [-0.2, 0) is 12.8 Å². The number of hydrogen-bond donors (Lipinski definition) is 0. The number of aryl methyl sites for hydroxylation is 2. The van der Waals surface area contributed by atoms with Crippen LogP contribution in [0.3, 0.4) is 0 Å². The molecule has 94 valence electrons. The molecule has 3 heteroatoms. The molecular weight excluding hydrogens is 222 g/mol. The molecule has 0 N–H and O–H groups in total. The Bertz CT molecular complexity index is 501. The molecule has 18 heavy (non-hydrogen) atoms. The third-order valence-corrected chi connectivity index (χ3v) is 4.11. The number of hydrogen-bond acceptors (Lipinski definition) is 3. The fourth-order valence-electron chi connectivity index (χ4n) is 3.17. The predicted molar refractivity (Wildman–Crippen MR) is 71.6 cm³/mol. The molecule has 1 saturated heterocycles. The van der Waals surface area contributed by atoms with Gasteiger partial charge in [-0.2, -0.15) is 5.26 Å². The number of nitriles is 1. The van der Waals surface area contributed by atoms with Gasteiger partial charge in [0.1, 0.15) is 11.9 Å². The number of aromatic nitrogens is 1. The summed E-state index contributed by atoms with van der Waals surface area (Å²) in [5, 5.41) is 9.33. The Kier molecular flexibility index (Phi) is 2.95. The quantitative estimate of drug-likeness (QED) is 0.759. The van der Waals surface area contributed by atoms with Crippen LogP contribution in [0.2, 0.25) is 0 Å². The van der Waals surface area contributed by atoms with E-state index in [1.165, 1.54) is 30.5 Å². The fourth-order valence-corrected chi connectivity index (χ4v) is 3.17. The van der Waals surface area contributed by atoms with Gasteiger partial charge in [0.05, 0.1) is 5.56 Å². The minimum Gasteiger partial charge on any atom is -0.355 e. The highest BCUT2D eigenvalue weighted by Gasteiger charge is 2.23. The van der Waals surface area contributed by atoms with Crippen LogP contribution in [0.4, 0.5) is 5.82 Å². The van der Waals surface area contributed by atoms with Crippen molar-refractivity contribution in [2.24, 2.45) is 5.92 Å². The first-order valence-corrected chi connectivity index (χ1v) is 6.96. The first kappa shape index (κ1) is 11.5. The Morgan fingerprint density at radius 2 is 2.28 bits per heavy atom. The molecule has 1 aromatic heterocycles. The molecule has 0 amide bonds. The van der Waals surface area contributed by atoms with Crippen LogP contribution in [-0.4, -0.2) is 18.1 Å². The second-order valence-corrected chi connectivity index (χ2v) is 5.62. The largest absolute Gasteiger partial charge is 0.355 e. The van der Waals surface area contributed by atoms with Crippen LogP contribution in [0.5, 0.6) is 0 Å². The smallest absolute Gasteiger partial charge is 0.146 e. The zero-order chi connectivity index (χ0) is 12.5. The predicted octanol–water partition coefficient (Wildman–Crippen LogP) is 2.68. The van der Waals surface area contributed by atoms with Gasteiger partial charge in [0.25, 0.3) is 0 Å². The second kappa shape index (κ2) is 4.61. The molecule has 0 saturated carbocycles. The molecular formula is C15H19N3. The molecule has 2 aliphatic rings. The second-order valence-electron chi connectivity index (χ2n) is 5.62. The summed E-state index contributed by atoms with van der Waals surface area (Å²) in [6.07, 6.45) is 5.87. The van der Waals surface area contributed by atoms with Crippen molar-refractivity contribution in [2.45, 2.75) is 39.0 Å². The molecule has 1 atom stereocenters. The van der Waals surface area contributed by atoms with E-state index in [-0.39, 0.29) is 0 Å². The third kappa shape index (κ3) is 1.96. The van der Waals surface area contributed by atoms with Crippen molar-refractivity contribution in [1.82, 2.24) is 4.98 Å². The lowest BCUT2D eigenvalue weighted by molar-refractivity contribution is 0.444. The van der Waals surface area contributed by atoms with Gasteiger partial charge >= 0.3 is 0 Å². The molecule has 2 heterocycles. The first-order chi connectivity index (χ1) is 8.78. The molecule has 0 spiro atoms. The van der Waals surface area contributed by atoms with Gasteiger partial charge < -0.3 is 4.90 Å². The number of nitrogens with zero attached hydrogens (tertiary/aromatic N) is 3. The van der Waals surface area contributed by atoms with Crippen molar-refractivity contribution in [1.29, 1.82) is 5.26 Å². The van der Waals surface area contributed by atoms with Gasteiger partial charge in [-0.25, -0.2) is 4.98 Å². The van der Waals surface area contributed by atoms with Gasteiger partial charge in [-0.05, 0) is 49.7 Å². The summed E-state index contributed by atoms with van der Waals surface area (Å²) in [7, 11) is 0. The summed E-state index contributed by atoms with van der Waals surface area (Å²) in [5.41, 5.74) is 3.28. The van der Waals surface area contributed by atoms with Gasteiger partial charge in [0.2, 0.25) is 0 Å². The standard InChI is InChI=1S/C15H19N3/c1-11-4-3-7-18(10-11)15-13(9-16)8-12-5-2-6-14(12)17-15/h8,11H,2-7,10H2,1H3. The number of pyridine rings is 1. The number of fused-ring (bicyclic) bond motifs is 1. The zero-order valence-corrected chi connectivity index (χ0v) is 10.9. The van der Waals surface area contributed by atoms with Crippen LogP contribution in [0.25, 0.3) is 0 Å². The van der Waals surface area contributed by atoms with E-state index in [4.69, 9.17) is 4.98 Å². The van der Waals surface area contributed by atoms with Crippen LogP contribution in [0.1, 0.15) is 43.0 Å². The zero-order valence-electron chi connectivity index (χ0n) is 10.9. The number of piperidine rings is 1. The van der Waals surface area contributed by atoms with Gasteiger partial charge in [0.15, 0.2) is 0 Å². The van der Waals surface area contributed by atoms with Gasteiger partial charge in [-0.3, -0.25) is 0 Å². The maximum atomic E-state index is 9.33. The summed E-state index contributed by atoms with van der Waals surface area (Å²) in [4.78, 5) is 7.10. The van der Waals surface area contributed by atoms with Crippen molar-refractivity contribution >= 4 is 5.82 Å². The SMILES string of the molecule is CC1CCCN(c2nc3c(cc2C#N)CCC3)C1. The first-order valence-electron chi connectivity index (χ1n) is 6.96. The molecule has 1 unspecified atom stereocenters. The van der Waals surface area contributed by atoms with E-state index in [9.17, 15) is 5.26 Å². The van der Waals surface area contributed by atoms with Gasteiger partial charge in [-0.1, -0.05) is 6.92 Å². The van der Waals surface area contributed by atoms with Gasteiger partial charge in [0, 0.05) is 18.8 Å². The number of rotatable bonds is 1. The van der Waals surface area contributed by atoms with Crippen LogP contribution in [0.15, 0.2) is 6.07 Å². The maximum absolute atomic E-state index is 9.33. The van der Waals surface area contributed by atoms with E-state index in [0.29, 0.717) is 5.92 Å². The van der Waals surface area contributed by atoms with E-state index >= 15 is 0 Å². The highest BCUT2D eigenvalue weighted by molar-refractivity contribution is 5.57. The van der Waals surface area contributed by atoms with E-state index in [1.54, 1.807) is 0 Å². The van der Waals surface area contributed by atoms with Crippen molar-refractivity contribution in [3.63, 3.8) is 0 Å². The molecule has 3 rings (SSSR count). The Morgan fingerprint density at radius 1 is 1.39 bits per heavy atom. The average Bonchev–Trinajstić information content (AvgIpc) is 2.84. The lowest BCUT2D eigenvalue weighted by Crippen LogP contribution is -2.35. The van der Waals surface area contributed by atoms with E-state index in [1.807, 2.05) is 0 Å². The molecule has 0 radical (unpaired) electrons. The summed E-state index contributed by atoms with van der Waals surface area (Å²) < 4.78 is 0. The summed E-state index contributed by atoms with van der Waals surface area (Å²) in [6.45, 7) is 4.37. The summed E-state index contributed by atoms with van der Waals surface area (Å²) >= 11 is 0. The normalized spacial score (nSPS) is 22.7. The molecule has 1 fully saturated rings. The van der Waals surface area contributed by atoms with Crippen molar-refractivity contribution < 1.29 is 0 Å². The molecule has 1 aliphatic carbocycles. The van der Waals surface area contributed by atoms with Crippen LogP contribution >= 0.6 is 0 Å². The monoisotopic (exact) mass is 241 g/mol. The third-order valence-electron chi connectivity index (χ3n) is 4.11. The van der Waals surface area contributed by atoms with Crippen molar-refractivity contribution in [3.8, 4) is 6.07 Å². The van der Waals surface area contributed by atoms with E-state index in [2.05, 4.69) is 24.0 Å². The molecule has 1 aliphatic heterocycles. The average molecular weight is 241 g/mol. The Balaban J connectivity index is 1.98. The molecule has 3 nitrogen and oxygen atoms in total. The van der Waals surface area contributed by atoms with Crippen molar-refractivity contribution in [3.05, 3.63) is 22.9 Å². The Morgan fingerprint density at radius 3 is 3.06 bits per heavy atom. The van der Waals surface area contributed by atoms with Gasteiger partial charge in [-0.15, -0.1) is 0 Å². The lowest BCUT2D eigenvalue weighted by atomic mass is 9.99. The van der Waals surface area contributed by atoms with Crippen LogP contribution in [0, 0.1) is 17.2 Å². The van der Waals surface area contributed by atoms with Crippen molar-refractivity contribution in [2.75, 3.05) is 18.0 Å². The van der Waals surface area contributed by atoms with Crippen LogP contribution < -0.4 is 4.90 Å². The molecule has 1 aromatic rings. The molecule has 0 aromatic carbocycles. The maximum Gasteiger partial charge on any atom is 0.146 e. The molecule has 0 bridgehead atoms. The Labute approximate surface area is 108 Å². The topological polar surface area (TPSA) is 39.9 Å². The lowest BCUT2D eigenvalue weighted by Gasteiger charge is -2.32. The summed E-state index contributed by atoms with van der Waals surface area (Å²) in [6, 6.07) is 4.41. The highest BCUT2D eigenvalue weighted by atomic mass is 15.2. The minimum atomic E-state index is 0.709. The Hall–Kier alpha value is -1.56. The highest BCUT2D eigenvalue weighted by Crippen LogP contribution is 2.29. The summed E-state index contributed by atoms with van der Waals surface area (Å²) in [5.74, 6) is 1.64. The minimum absolute atomic E-state index is 0.709. The van der Waals surface area contributed by atoms with E-state index < -0.39 is 0 Å². The number of anilines is 1. The fraction of sp³-hybridized carbons (Fsp3) is 0.600. The van der Waals surface area contributed by atoms with E-state index in [0.717, 1.165) is 37.3 Å².